The van der Waals surface area contributed by atoms with Crippen molar-refractivity contribution in [2.75, 3.05) is 6.54 Å². The Labute approximate surface area is 134 Å². The molecule has 0 aliphatic rings. The smallest absolute Gasteiger partial charge is 0.144 e. The van der Waals surface area contributed by atoms with Crippen LogP contribution in [0.4, 0.5) is 4.39 Å². The quantitative estimate of drug-likeness (QED) is 0.737. The van der Waals surface area contributed by atoms with Gasteiger partial charge in [0.1, 0.15) is 17.3 Å². The van der Waals surface area contributed by atoms with Gasteiger partial charge in [0.05, 0.1) is 4.47 Å². The molecule has 2 aromatic carbocycles. The van der Waals surface area contributed by atoms with Gasteiger partial charge in [-0.2, -0.15) is 0 Å². The van der Waals surface area contributed by atoms with Gasteiger partial charge in [0.15, 0.2) is 0 Å². The molecule has 0 aromatic heterocycles. The van der Waals surface area contributed by atoms with Gasteiger partial charge in [-0.15, -0.1) is 0 Å². The highest BCUT2D eigenvalue weighted by atomic mass is 79.9. The van der Waals surface area contributed by atoms with E-state index in [1.807, 2.05) is 18.2 Å². The van der Waals surface area contributed by atoms with E-state index in [-0.39, 0.29) is 5.82 Å². The Kier molecular flexibility index (Phi) is 5.57. The molecule has 0 saturated carbocycles. The average Bonchev–Trinajstić information content (AvgIpc) is 2.42. The largest absolute Gasteiger partial charge is 0.456 e. The second-order valence-corrected chi connectivity index (χ2v) is 5.92. The number of benzene rings is 2. The zero-order valence-corrected chi connectivity index (χ0v) is 14.1. The zero-order valence-electron chi connectivity index (χ0n) is 10.9. The number of ether oxygens (including phenoxy) is 1. The number of hydrogen-bond acceptors (Lipinski definition) is 2. The Morgan fingerprint density at radius 3 is 2.60 bits per heavy atom. The summed E-state index contributed by atoms with van der Waals surface area (Å²) in [4.78, 5) is 0. The summed E-state index contributed by atoms with van der Waals surface area (Å²) in [5, 5.41) is 3.26. The number of hydrogen-bond donors (Lipinski definition) is 1. The van der Waals surface area contributed by atoms with E-state index in [9.17, 15) is 4.39 Å². The topological polar surface area (TPSA) is 21.3 Å². The summed E-state index contributed by atoms with van der Waals surface area (Å²) in [5.74, 6) is 0.783. The fourth-order valence-corrected chi connectivity index (χ4v) is 2.50. The summed E-state index contributed by atoms with van der Waals surface area (Å²) in [6.45, 7) is 3.77. The predicted octanol–water partition coefficient (Wildman–Crippen LogP) is 5.25. The van der Waals surface area contributed by atoms with Crippen molar-refractivity contribution in [2.45, 2.75) is 13.5 Å². The molecule has 0 aliphatic carbocycles. The standard InChI is InChI=1S/C15H14Br2FNO/c1-2-19-9-10-3-5-12(8-14(10)17)20-15-7-11(18)4-6-13(15)16/h3-8,19H,2,9H2,1H3. The van der Waals surface area contributed by atoms with Crippen molar-refractivity contribution in [3.05, 3.63) is 56.7 Å². The monoisotopic (exact) mass is 401 g/mol. The maximum atomic E-state index is 13.2. The van der Waals surface area contributed by atoms with Crippen LogP contribution in [0.3, 0.4) is 0 Å². The molecule has 0 amide bonds. The molecule has 0 radical (unpaired) electrons. The molecule has 0 bridgehead atoms. The molecule has 0 fully saturated rings. The molecule has 2 aromatic rings. The average molecular weight is 403 g/mol. The molecular formula is C15H14Br2FNO. The summed E-state index contributed by atoms with van der Waals surface area (Å²) in [5.41, 5.74) is 1.15. The van der Waals surface area contributed by atoms with Crippen LogP contribution in [0.25, 0.3) is 0 Å². The molecule has 2 nitrogen and oxygen atoms in total. The van der Waals surface area contributed by atoms with Crippen LogP contribution in [0, 0.1) is 5.82 Å². The fraction of sp³-hybridized carbons (Fsp3) is 0.200. The van der Waals surface area contributed by atoms with Gasteiger partial charge >= 0.3 is 0 Å². The van der Waals surface area contributed by atoms with Gasteiger partial charge in [-0.05, 0) is 52.3 Å². The summed E-state index contributed by atoms with van der Waals surface area (Å²) in [6, 6.07) is 10.1. The lowest BCUT2D eigenvalue weighted by atomic mass is 10.2. The Hall–Kier alpha value is -0.910. The van der Waals surface area contributed by atoms with Gasteiger partial charge in [-0.3, -0.25) is 0 Å². The van der Waals surface area contributed by atoms with E-state index in [1.165, 1.54) is 12.1 Å². The van der Waals surface area contributed by atoms with E-state index >= 15 is 0 Å². The van der Waals surface area contributed by atoms with Crippen molar-refractivity contribution in [3.63, 3.8) is 0 Å². The second-order valence-electron chi connectivity index (χ2n) is 4.21. The molecule has 1 N–H and O–H groups in total. The van der Waals surface area contributed by atoms with Crippen molar-refractivity contribution in [3.8, 4) is 11.5 Å². The van der Waals surface area contributed by atoms with E-state index in [2.05, 4.69) is 44.1 Å². The number of halogens is 3. The lowest BCUT2D eigenvalue weighted by Crippen LogP contribution is -2.11. The first-order chi connectivity index (χ1) is 9.60. The molecule has 0 unspecified atom stereocenters. The molecule has 20 heavy (non-hydrogen) atoms. The van der Waals surface area contributed by atoms with Crippen molar-refractivity contribution >= 4 is 31.9 Å². The SMILES string of the molecule is CCNCc1ccc(Oc2cc(F)ccc2Br)cc1Br. The van der Waals surface area contributed by atoms with E-state index in [1.54, 1.807) is 6.07 Å². The Morgan fingerprint density at radius 1 is 1.10 bits per heavy atom. The molecule has 0 heterocycles. The van der Waals surface area contributed by atoms with Gasteiger partial charge in [-0.25, -0.2) is 4.39 Å². The van der Waals surface area contributed by atoms with E-state index < -0.39 is 0 Å². The molecule has 0 atom stereocenters. The van der Waals surface area contributed by atoms with Gasteiger partial charge in [0.25, 0.3) is 0 Å². The Morgan fingerprint density at radius 2 is 1.90 bits per heavy atom. The molecule has 2 rings (SSSR count). The molecule has 5 heteroatoms. The Bertz CT molecular complexity index is 604. The van der Waals surface area contributed by atoms with E-state index in [4.69, 9.17) is 4.74 Å². The minimum Gasteiger partial charge on any atom is -0.456 e. The summed E-state index contributed by atoms with van der Waals surface area (Å²) in [6.07, 6.45) is 0. The van der Waals surface area contributed by atoms with E-state index in [0.29, 0.717) is 16.0 Å². The second kappa shape index (κ2) is 7.20. The van der Waals surface area contributed by atoms with Crippen LogP contribution >= 0.6 is 31.9 Å². The molecular weight excluding hydrogens is 389 g/mol. The first-order valence-electron chi connectivity index (χ1n) is 6.22. The highest BCUT2D eigenvalue weighted by molar-refractivity contribution is 9.10. The van der Waals surface area contributed by atoms with E-state index in [0.717, 1.165) is 23.1 Å². The highest BCUT2D eigenvalue weighted by Gasteiger charge is 2.07. The fourth-order valence-electron chi connectivity index (χ4n) is 1.68. The zero-order chi connectivity index (χ0) is 14.5. The minimum absolute atomic E-state index is 0.328. The van der Waals surface area contributed by atoms with Crippen LogP contribution in [0.2, 0.25) is 0 Å². The first-order valence-corrected chi connectivity index (χ1v) is 7.81. The summed E-state index contributed by atoms with van der Waals surface area (Å²) >= 11 is 6.86. The molecule has 0 aliphatic heterocycles. The lowest BCUT2D eigenvalue weighted by Gasteiger charge is -2.10. The maximum Gasteiger partial charge on any atom is 0.144 e. The van der Waals surface area contributed by atoms with Gasteiger partial charge in [0, 0.05) is 17.1 Å². The number of rotatable bonds is 5. The van der Waals surface area contributed by atoms with Crippen LogP contribution in [0.15, 0.2) is 45.3 Å². The van der Waals surface area contributed by atoms with Crippen molar-refractivity contribution in [2.24, 2.45) is 0 Å². The third kappa shape index (κ3) is 4.04. The minimum atomic E-state index is -0.328. The predicted molar refractivity (Wildman–Crippen MR) is 85.7 cm³/mol. The molecule has 0 spiro atoms. The Balaban J connectivity index is 2.17. The van der Waals surface area contributed by atoms with Crippen LogP contribution in [-0.4, -0.2) is 6.54 Å². The van der Waals surface area contributed by atoms with Crippen molar-refractivity contribution < 1.29 is 9.13 Å². The van der Waals surface area contributed by atoms with Crippen LogP contribution in [-0.2, 0) is 6.54 Å². The van der Waals surface area contributed by atoms with Crippen LogP contribution in [0.5, 0.6) is 11.5 Å². The van der Waals surface area contributed by atoms with Crippen molar-refractivity contribution in [1.82, 2.24) is 5.32 Å². The van der Waals surface area contributed by atoms with Crippen molar-refractivity contribution in [1.29, 1.82) is 0 Å². The van der Waals surface area contributed by atoms with Crippen LogP contribution in [0.1, 0.15) is 12.5 Å². The highest BCUT2D eigenvalue weighted by Crippen LogP contribution is 2.32. The number of nitrogens with one attached hydrogen (secondary N) is 1. The van der Waals surface area contributed by atoms with Gasteiger partial charge in [-0.1, -0.05) is 28.9 Å². The summed E-state index contributed by atoms with van der Waals surface area (Å²) < 4.78 is 20.6. The van der Waals surface area contributed by atoms with Crippen LogP contribution < -0.4 is 10.1 Å². The lowest BCUT2D eigenvalue weighted by molar-refractivity contribution is 0.473. The van der Waals surface area contributed by atoms with Gasteiger partial charge < -0.3 is 10.1 Å². The summed E-state index contributed by atoms with van der Waals surface area (Å²) in [7, 11) is 0. The third-order valence-electron chi connectivity index (χ3n) is 2.71. The van der Waals surface area contributed by atoms with Gasteiger partial charge in [0.2, 0.25) is 0 Å². The first kappa shape index (κ1) is 15.5. The molecule has 106 valence electrons. The normalized spacial score (nSPS) is 10.6. The third-order valence-corrected chi connectivity index (χ3v) is 4.10. The maximum absolute atomic E-state index is 13.2. The molecule has 0 saturated heterocycles.